The first-order chi connectivity index (χ1) is 10.3. The van der Waals surface area contributed by atoms with Crippen LogP contribution in [-0.2, 0) is 6.54 Å². The molecule has 1 aromatic carbocycles. The molecule has 21 heavy (non-hydrogen) atoms. The maximum absolute atomic E-state index is 4.23. The van der Waals surface area contributed by atoms with Gasteiger partial charge in [0.25, 0.3) is 0 Å². The Morgan fingerprint density at radius 2 is 2.19 bits per heavy atom. The molecular weight excluding hydrogens is 260 g/mol. The van der Waals surface area contributed by atoms with Crippen LogP contribution < -0.4 is 0 Å². The Kier molecular flexibility index (Phi) is 4.46. The average molecular weight is 282 g/mol. The van der Waals surface area contributed by atoms with Gasteiger partial charge in [-0.05, 0) is 31.9 Å². The van der Waals surface area contributed by atoms with Gasteiger partial charge in [-0.15, -0.1) is 0 Å². The minimum atomic E-state index is 0.575. The Labute approximate surface area is 126 Å². The van der Waals surface area contributed by atoms with Crippen LogP contribution in [0.15, 0.2) is 48.6 Å². The minimum absolute atomic E-state index is 0.575. The van der Waals surface area contributed by atoms with Crippen molar-refractivity contribution in [2.45, 2.75) is 32.4 Å². The molecule has 0 aliphatic carbocycles. The highest BCUT2D eigenvalue weighted by molar-refractivity contribution is 5.52. The zero-order valence-electron chi connectivity index (χ0n) is 12.5. The van der Waals surface area contributed by atoms with E-state index < -0.39 is 0 Å². The van der Waals surface area contributed by atoms with Gasteiger partial charge in [-0.3, -0.25) is 9.58 Å². The molecule has 110 valence electrons. The summed E-state index contributed by atoms with van der Waals surface area (Å²) < 4.78 is 1.94. The molecule has 2 heterocycles. The molecule has 1 unspecified atom stereocenters. The summed E-state index contributed by atoms with van der Waals surface area (Å²) in [5, 5.41) is 4.23. The topological polar surface area (TPSA) is 34.0 Å². The lowest BCUT2D eigenvalue weighted by Crippen LogP contribution is -2.34. The SMILES string of the molecule is CC(=Cc1ccccc1)CN1CCCC1Cn1cncn1. The third-order valence-electron chi connectivity index (χ3n) is 4.03. The Bertz CT molecular complexity index is 574. The molecule has 0 bridgehead atoms. The van der Waals surface area contributed by atoms with E-state index in [4.69, 9.17) is 0 Å². The first-order valence-electron chi connectivity index (χ1n) is 7.60. The van der Waals surface area contributed by atoms with Crippen molar-refractivity contribution in [3.63, 3.8) is 0 Å². The molecule has 2 aromatic rings. The molecule has 4 heteroatoms. The summed E-state index contributed by atoms with van der Waals surface area (Å²) in [6, 6.07) is 11.1. The Balaban J connectivity index is 1.62. The molecule has 4 nitrogen and oxygen atoms in total. The summed E-state index contributed by atoms with van der Waals surface area (Å²) in [7, 11) is 0. The van der Waals surface area contributed by atoms with Crippen LogP contribution in [0.25, 0.3) is 6.08 Å². The van der Waals surface area contributed by atoms with Crippen molar-refractivity contribution in [2.24, 2.45) is 0 Å². The summed E-state index contributed by atoms with van der Waals surface area (Å²) in [5.74, 6) is 0. The van der Waals surface area contributed by atoms with E-state index in [1.807, 2.05) is 11.0 Å². The number of hydrogen-bond donors (Lipinski definition) is 0. The van der Waals surface area contributed by atoms with Crippen molar-refractivity contribution in [1.82, 2.24) is 19.7 Å². The van der Waals surface area contributed by atoms with Crippen molar-refractivity contribution in [3.8, 4) is 0 Å². The largest absolute Gasteiger partial charge is 0.295 e. The van der Waals surface area contributed by atoms with Gasteiger partial charge in [-0.1, -0.05) is 42.0 Å². The highest BCUT2D eigenvalue weighted by Gasteiger charge is 2.24. The van der Waals surface area contributed by atoms with Gasteiger partial charge in [0, 0.05) is 12.6 Å². The van der Waals surface area contributed by atoms with Crippen molar-refractivity contribution >= 4 is 6.08 Å². The van der Waals surface area contributed by atoms with Crippen LogP contribution in [0.1, 0.15) is 25.3 Å². The number of rotatable bonds is 5. The zero-order valence-corrected chi connectivity index (χ0v) is 12.5. The number of nitrogens with zero attached hydrogens (tertiary/aromatic N) is 4. The van der Waals surface area contributed by atoms with Gasteiger partial charge in [0.1, 0.15) is 12.7 Å². The van der Waals surface area contributed by atoms with Crippen molar-refractivity contribution in [2.75, 3.05) is 13.1 Å². The molecule has 0 amide bonds. The summed E-state index contributed by atoms with van der Waals surface area (Å²) in [5.41, 5.74) is 2.69. The Morgan fingerprint density at radius 3 is 2.95 bits per heavy atom. The van der Waals surface area contributed by atoms with E-state index in [9.17, 15) is 0 Å². The second-order valence-corrected chi connectivity index (χ2v) is 5.79. The lowest BCUT2D eigenvalue weighted by Gasteiger charge is -2.24. The predicted molar refractivity (Wildman–Crippen MR) is 84.7 cm³/mol. The Morgan fingerprint density at radius 1 is 1.33 bits per heavy atom. The molecular formula is C17H22N4. The van der Waals surface area contributed by atoms with Gasteiger partial charge in [-0.2, -0.15) is 5.10 Å². The fourth-order valence-corrected chi connectivity index (χ4v) is 3.05. The molecule has 0 spiro atoms. The number of aromatic nitrogens is 3. The third-order valence-corrected chi connectivity index (χ3v) is 4.03. The number of hydrogen-bond acceptors (Lipinski definition) is 3. The van der Waals surface area contributed by atoms with Crippen LogP contribution >= 0.6 is 0 Å². The molecule has 0 radical (unpaired) electrons. The maximum atomic E-state index is 4.23. The van der Waals surface area contributed by atoms with Crippen LogP contribution in [0.5, 0.6) is 0 Å². The summed E-state index contributed by atoms with van der Waals surface area (Å²) in [6.07, 6.45) is 8.23. The van der Waals surface area contributed by atoms with Gasteiger partial charge < -0.3 is 0 Å². The number of likely N-dealkylation sites (tertiary alicyclic amines) is 1. The fourth-order valence-electron chi connectivity index (χ4n) is 3.05. The van der Waals surface area contributed by atoms with E-state index in [1.165, 1.54) is 30.5 Å². The van der Waals surface area contributed by atoms with E-state index in [2.05, 4.69) is 58.3 Å². The monoisotopic (exact) mass is 282 g/mol. The van der Waals surface area contributed by atoms with Crippen LogP contribution in [0, 0.1) is 0 Å². The Hall–Kier alpha value is -1.94. The third kappa shape index (κ3) is 3.79. The standard InChI is InChI=1S/C17H22N4/c1-15(10-16-6-3-2-4-7-16)11-20-9-5-8-17(20)12-21-14-18-13-19-21/h2-4,6-7,10,13-14,17H,5,8-9,11-12H2,1H3. The molecule has 1 atom stereocenters. The smallest absolute Gasteiger partial charge is 0.137 e. The zero-order chi connectivity index (χ0) is 14.5. The van der Waals surface area contributed by atoms with Crippen molar-refractivity contribution in [3.05, 3.63) is 54.1 Å². The molecule has 1 aliphatic rings. The maximum Gasteiger partial charge on any atom is 0.137 e. The first kappa shape index (κ1) is 14.0. The van der Waals surface area contributed by atoms with E-state index >= 15 is 0 Å². The number of benzene rings is 1. The van der Waals surface area contributed by atoms with Gasteiger partial charge >= 0.3 is 0 Å². The van der Waals surface area contributed by atoms with Crippen LogP contribution in [0.2, 0.25) is 0 Å². The van der Waals surface area contributed by atoms with E-state index in [0.29, 0.717) is 6.04 Å². The highest BCUT2D eigenvalue weighted by Crippen LogP contribution is 2.20. The van der Waals surface area contributed by atoms with Gasteiger partial charge in [0.15, 0.2) is 0 Å². The lowest BCUT2D eigenvalue weighted by atomic mass is 10.1. The molecule has 0 saturated carbocycles. The molecule has 1 aliphatic heterocycles. The van der Waals surface area contributed by atoms with Gasteiger partial charge in [0.2, 0.25) is 0 Å². The van der Waals surface area contributed by atoms with E-state index in [-0.39, 0.29) is 0 Å². The molecule has 1 saturated heterocycles. The fraction of sp³-hybridized carbons (Fsp3) is 0.412. The summed E-state index contributed by atoms with van der Waals surface area (Å²) in [4.78, 5) is 6.59. The van der Waals surface area contributed by atoms with Crippen molar-refractivity contribution in [1.29, 1.82) is 0 Å². The second-order valence-electron chi connectivity index (χ2n) is 5.79. The summed E-state index contributed by atoms with van der Waals surface area (Å²) in [6.45, 7) is 5.38. The predicted octanol–water partition coefficient (Wildman–Crippen LogP) is 2.85. The van der Waals surface area contributed by atoms with Crippen LogP contribution in [0.3, 0.4) is 0 Å². The summed E-state index contributed by atoms with van der Waals surface area (Å²) >= 11 is 0. The highest BCUT2D eigenvalue weighted by atomic mass is 15.3. The van der Waals surface area contributed by atoms with E-state index in [1.54, 1.807) is 6.33 Å². The van der Waals surface area contributed by atoms with Crippen molar-refractivity contribution < 1.29 is 0 Å². The minimum Gasteiger partial charge on any atom is -0.295 e. The molecule has 1 fully saturated rings. The molecule has 1 aromatic heterocycles. The normalized spacial score (nSPS) is 20.0. The van der Waals surface area contributed by atoms with Gasteiger partial charge in [0.05, 0.1) is 6.54 Å². The van der Waals surface area contributed by atoms with Gasteiger partial charge in [-0.25, -0.2) is 4.98 Å². The quantitative estimate of drug-likeness (QED) is 0.845. The second kappa shape index (κ2) is 6.68. The van der Waals surface area contributed by atoms with Crippen LogP contribution in [0.4, 0.5) is 0 Å². The molecule has 0 N–H and O–H groups in total. The molecule has 3 rings (SSSR count). The first-order valence-corrected chi connectivity index (χ1v) is 7.60. The van der Waals surface area contributed by atoms with Crippen LogP contribution in [-0.4, -0.2) is 38.8 Å². The average Bonchev–Trinajstić information content (AvgIpc) is 3.13. The lowest BCUT2D eigenvalue weighted by molar-refractivity contribution is 0.245. The van der Waals surface area contributed by atoms with E-state index in [0.717, 1.165) is 13.1 Å².